The van der Waals surface area contributed by atoms with Crippen LogP contribution in [0.2, 0.25) is 0 Å². The van der Waals surface area contributed by atoms with Crippen molar-refractivity contribution in [1.29, 1.82) is 5.26 Å². The highest BCUT2D eigenvalue weighted by molar-refractivity contribution is 7.89. The Morgan fingerprint density at radius 2 is 2.15 bits per heavy atom. The Morgan fingerprint density at radius 1 is 1.40 bits per heavy atom. The largest absolute Gasteiger partial charge is 0.384 e. The van der Waals surface area contributed by atoms with Crippen molar-refractivity contribution in [3.8, 4) is 17.9 Å². The predicted octanol–water partition coefficient (Wildman–Crippen LogP) is 0.955. The molecule has 1 N–H and O–H groups in total. The third-order valence-electron chi connectivity index (χ3n) is 2.61. The van der Waals surface area contributed by atoms with Gasteiger partial charge in [-0.1, -0.05) is 24.8 Å². The van der Waals surface area contributed by atoms with Gasteiger partial charge in [0.05, 0.1) is 11.0 Å². The molecule has 0 saturated carbocycles. The summed E-state index contributed by atoms with van der Waals surface area (Å²) in [5.74, 6) is 5.15. The molecule has 0 atom stereocenters. The van der Waals surface area contributed by atoms with Gasteiger partial charge in [-0.25, -0.2) is 8.42 Å². The van der Waals surface area contributed by atoms with Crippen LogP contribution in [-0.2, 0) is 10.0 Å². The molecule has 0 fully saturated rings. The van der Waals surface area contributed by atoms with Crippen molar-refractivity contribution in [3.05, 3.63) is 29.8 Å². The van der Waals surface area contributed by atoms with Crippen molar-refractivity contribution in [1.82, 2.24) is 4.31 Å². The van der Waals surface area contributed by atoms with E-state index in [9.17, 15) is 8.42 Å². The molecule has 0 heterocycles. The van der Waals surface area contributed by atoms with Gasteiger partial charge in [-0.2, -0.15) is 9.57 Å². The lowest BCUT2D eigenvalue weighted by Crippen LogP contribution is -2.31. The summed E-state index contributed by atoms with van der Waals surface area (Å²) >= 11 is 0. The summed E-state index contributed by atoms with van der Waals surface area (Å²) in [4.78, 5) is 0.141. The van der Waals surface area contributed by atoms with Crippen LogP contribution in [0.25, 0.3) is 0 Å². The fourth-order valence-electron chi connectivity index (χ4n) is 1.65. The highest BCUT2D eigenvalue weighted by Gasteiger charge is 2.22. The van der Waals surface area contributed by atoms with Crippen molar-refractivity contribution >= 4 is 10.0 Å². The highest BCUT2D eigenvalue weighted by Crippen LogP contribution is 2.17. The standard InChI is InChI=1S/C14H16N2O3S/c1-2-16(10-5-9-15)20(18,19)14-8-3-6-13(12-14)7-4-11-17/h3,6,8,12,17H,2,5,10-11H2,1H3. The summed E-state index contributed by atoms with van der Waals surface area (Å²) < 4.78 is 26.1. The zero-order chi connectivity index (χ0) is 15.0. The van der Waals surface area contributed by atoms with E-state index >= 15 is 0 Å². The van der Waals surface area contributed by atoms with Crippen LogP contribution in [0.15, 0.2) is 29.2 Å². The predicted molar refractivity (Wildman–Crippen MR) is 75.1 cm³/mol. The first-order valence-corrected chi connectivity index (χ1v) is 7.57. The second kappa shape index (κ2) is 7.66. The van der Waals surface area contributed by atoms with Gasteiger partial charge in [0, 0.05) is 25.1 Å². The summed E-state index contributed by atoms with van der Waals surface area (Å²) in [6.07, 6.45) is 0.150. The molecular formula is C14H16N2O3S. The van der Waals surface area contributed by atoms with E-state index in [1.807, 2.05) is 6.07 Å². The first-order chi connectivity index (χ1) is 9.56. The first kappa shape index (κ1) is 16.2. The molecule has 106 valence electrons. The van der Waals surface area contributed by atoms with Crippen LogP contribution in [0.3, 0.4) is 0 Å². The molecule has 0 aliphatic carbocycles. The molecule has 0 amide bonds. The Balaban J connectivity index is 3.11. The molecule has 0 bridgehead atoms. The van der Waals surface area contributed by atoms with E-state index in [4.69, 9.17) is 10.4 Å². The van der Waals surface area contributed by atoms with E-state index in [1.165, 1.54) is 16.4 Å². The van der Waals surface area contributed by atoms with Gasteiger partial charge in [0.15, 0.2) is 0 Å². The Morgan fingerprint density at radius 3 is 2.75 bits per heavy atom. The maximum atomic E-state index is 12.4. The second-order valence-electron chi connectivity index (χ2n) is 3.89. The molecular weight excluding hydrogens is 276 g/mol. The molecule has 0 spiro atoms. The van der Waals surface area contributed by atoms with Crippen molar-refractivity contribution in [2.75, 3.05) is 19.7 Å². The zero-order valence-corrected chi connectivity index (χ0v) is 12.0. The molecule has 6 heteroatoms. The summed E-state index contributed by atoms with van der Waals surface area (Å²) in [5, 5.41) is 17.2. The summed E-state index contributed by atoms with van der Waals surface area (Å²) in [5.41, 5.74) is 0.525. The summed E-state index contributed by atoms with van der Waals surface area (Å²) in [7, 11) is -3.62. The van der Waals surface area contributed by atoms with Gasteiger partial charge >= 0.3 is 0 Å². The average molecular weight is 292 g/mol. The SMILES string of the molecule is CCN(CCC#N)S(=O)(=O)c1cccc(C#CCO)c1. The van der Waals surface area contributed by atoms with Crippen LogP contribution >= 0.6 is 0 Å². The number of aliphatic hydroxyl groups excluding tert-OH is 1. The molecule has 0 aliphatic heterocycles. The van der Waals surface area contributed by atoms with Gasteiger partial charge in [0.2, 0.25) is 10.0 Å². The van der Waals surface area contributed by atoms with Crippen molar-refractivity contribution in [2.45, 2.75) is 18.2 Å². The molecule has 1 aromatic rings. The Hall–Kier alpha value is -1.86. The van der Waals surface area contributed by atoms with E-state index < -0.39 is 10.0 Å². The lowest BCUT2D eigenvalue weighted by Gasteiger charge is -2.19. The lowest BCUT2D eigenvalue weighted by atomic mass is 10.2. The van der Waals surface area contributed by atoms with Gasteiger partial charge in [0.1, 0.15) is 6.61 Å². The molecule has 5 nitrogen and oxygen atoms in total. The second-order valence-corrected chi connectivity index (χ2v) is 5.83. The topological polar surface area (TPSA) is 81.4 Å². The minimum Gasteiger partial charge on any atom is -0.384 e. The van der Waals surface area contributed by atoms with Crippen LogP contribution in [0.1, 0.15) is 18.9 Å². The highest BCUT2D eigenvalue weighted by atomic mass is 32.2. The van der Waals surface area contributed by atoms with Crippen LogP contribution in [0.5, 0.6) is 0 Å². The monoisotopic (exact) mass is 292 g/mol. The van der Waals surface area contributed by atoms with Crippen molar-refractivity contribution in [3.63, 3.8) is 0 Å². The minimum absolute atomic E-state index is 0.141. The van der Waals surface area contributed by atoms with E-state index in [0.29, 0.717) is 12.1 Å². The average Bonchev–Trinajstić information content (AvgIpc) is 2.46. The maximum Gasteiger partial charge on any atom is 0.243 e. The number of hydrogen-bond acceptors (Lipinski definition) is 4. The number of aliphatic hydroxyl groups is 1. The minimum atomic E-state index is -3.62. The van der Waals surface area contributed by atoms with Crippen LogP contribution < -0.4 is 0 Å². The van der Waals surface area contributed by atoms with E-state index in [-0.39, 0.29) is 24.5 Å². The van der Waals surface area contributed by atoms with Gasteiger partial charge in [-0.3, -0.25) is 0 Å². The van der Waals surface area contributed by atoms with Crippen molar-refractivity contribution in [2.24, 2.45) is 0 Å². The smallest absolute Gasteiger partial charge is 0.243 e. The fraction of sp³-hybridized carbons (Fsp3) is 0.357. The van der Waals surface area contributed by atoms with Gasteiger partial charge in [0.25, 0.3) is 0 Å². The third-order valence-corrected chi connectivity index (χ3v) is 4.58. The third kappa shape index (κ3) is 4.07. The number of hydrogen-bond donors (Lipinski definition) is 1. The Bertz CT molecular complexity index is 651. The van der Waals surface area contributed by atoms with E-state index in [0.717, 1.165) is 0 Å². The number of rotatable bonds is 5. The van der Waals surface area contributed by atoms with Gasteiger partial charge in [-0.15, -0.1) is 0 Å². The molecule has 0 saturated heterocycles. The van der Waals surface area contributed by atoms with Crippen LogP contribution in [-0.4, -0.2) is 37.5 Å². The van der Waals surface area contributed by atoms with Gasteiger partial charge in [-0.05, 0) is 18.2 Å². The summed E-state index contributed by atoms with van der Waals surface area (Å²) in [6.45, 7) is 1.92. The molecule has 20 heavy (non-hydrogen) atoms. The molecule has 1 aromatic carbocycles. The number of nitrogens with zero attached hydrogens (tertiary/aromatic N) is 2. The molecule has 0 radical (unpaired) electrons. The lowest BCUT2D eigenvalue weighted by molar-refractivity contribution is 0.350. The Kier molecular flexibility index (Phi) is 6.20. The number of sulfonamides is 1. The number of nitriles is 1. The molecule has 1 rings (SSSR count). The van der Waals surface area contributed by atoms with Crippen LogP contribution in [0, 0.1) is 23.2 Å². The van der Waals surface area contributed by atoms with E-state index in [2.05, 4.69) is 11.8 Å². The summed E-state index contributed by atoms with van der Waals surface area (Å²) in [6, 6.07) is 8.18. The quantitative estimate of drug-likeness (QED) is 0.819. The molecule has 0 unspecified atom stereocenters. The van der Waals surface area contributed by atoms with E-state index in [1.54, 1.807) is 19.1 Å². The van der Waals surface area contributed by atoms with Crippen molar-refractivity contribution < 1.29 is 13.5 Å². The molecule has 0 aromatic heterocycles. The normalized spacial score (nSPS) is 10.7. The first-order valence-electron chi connectivity index (χ1n) is 6.13. The van der Waals surface area contributed by atoms with Crippen LogP contribution in [0.4, 0.5) is 0 Å². The number of benzene rings is 1. The maximum absolute atomic E-state index is 12.4. The molecule has 0 aliphatic rings. The zero-order valence-electron chi connectivity index (χ0n) is 11.2. The van der Waals surface area contributed by atoms with Gasteiger partial charge < -0.3 is 5.11 Å². The fourth-order valence-corrected chi connectivity index (χ4v) is 3.14. The Labute approximate surface area is 119 Å².